The molecule has 0 fully saturated rings. The van der Waals surface area contributed by atoms with Gasteiger partial charge in [0.25, 0.3) is 0 Å². The van der Waals surface area contributed by atoms with Gasteiger partial charge in [0.15, 0.2) is 10.3 Å². The van der Waals surface area contributed by atoms with E-state index >= 15 is 0 Å². The van der Waals surface area contributed by atoms with Gasteiger partial charge in [0.2, 0.25) is 0 Å². The summed E-state index contributed by atoms with van der Waals surface area (Å²) in [5, 5.41) is 1.78. The van der Waals surface area contributed by atoms with Crippen LogP contribution in [0, 0.1) is 0 Å². The van der Waals surface area contributed by atoms with Gasteiger partial charge in [0.1, 0.15) is 0 Å². The molecule has 0 amide bonds. The Morgan fingerprint density at radius 3 is 0.880 bits per heavy atom. The maximum Gasteiger partial charge on any atom is 0.195 e. The second kappa shape index (κ2) is 14.6. The topological polar surface area (TPSA) is 32.3 Å². The van der Waals surface area contributed by atoms with Crippen molar-refractivity contribution in [1.82, 2.24) is 9.97 Å². The smallest absolute Gasteiger partial charge is 0.195 e. The molecule has 6 heteroatoms. The second-order valence-corrected chi connectivity index (χ2v) is 13.5. The highest BCUT2D eigenvalue weighted by atomic mass is 32.1. The van der Waals surface area contributed by atoms with E-state index in [1.54, 1.807) is 22.7 Å². The highest BCUT2D eigenvalue weighted by Gasteiger charge is 2.24. The van der Waals surface area contributed by atoms with Gasteiger partial charge < -0.3 is 0 Å². The van der Waals surface area contributed by atoms with Gasteiger partial charge in [-0.25, -0.2) is 9.97 Å². The number of anilines is 6. The zero-order valence-corrected chi connectivity index (χ0v) is 28.7. The molecule has 0 atom stereocenters. The van der Waals surface area contributed by atoms with Gasteiger partial charge in [0, 0.05) is 46.3 Å². The van der Waals surface area contributed by atoms with Gasteiger partial charge in [0.05, 0.1) is 9.75 Å². The fraction of sp³-hybridized carbons (Fsp3) is 0. The number of hydrogen-bond acceptors (Lipinski definition) is 6. The first kappa shape index (κ1) is 31.2. The van der Waals surface area contributed by atoms with E-state index in [2.05, 4.69) is 168 Å². The van der Waals surface area contributed by atoms with Gasteiger partial charge in [-0.15, -0.1) is 0 Å². The first-order valence-corrected chi connectivity index (χ1v) is 18.0. The van der Waals surface area contributed by atoms with Crippen LogP contribution in [0.15, 0.2) is 194 Å². The van der Waals surface area contributed by atoms with Crippen LogP contribution in [0.5, 0.6) is 0 Å². The minimum absolute atomic E-state index is 0.891. The predicted molar refractivity (Wildman–Crippen MR) is 211 cm³/mol. The molecule has 50 heavy (non-hydrogen) atoms. The molecule has 0 aliphatic heterocycles. The number of nitrogens with zero attached hydrogens (tertiary/aromatic N) is 4. The van der Waals surface area contributed by atoms with E-state index in [4.69, 9.17) is 9.97 Å². The molecule has 8 aromatic rings. The maximum absolute atomic E-state index is 5.09. The zero-order valence-electron chi connectivity index (χ0n) is 27.1. The minimum Gasteiger partial charge on any atom is -0.286 e. The van der Waals surface area contributed by atoms with Crippen molar-refractivity contribution in [1.29, 1.82) is 0 Å². The Morgan fingerprint density at radius 1 is 0.340 bits per heavy atom. The third-order valence-electron chi connectivity index (χ3n) is 8.29. The van der Waals surface area contributed by atoms with Crippen molar-refractivity contribution in [2.45, 2.75) is 0 Å². The molecule has 0 spiro atoms. The van der Waals surface area contributed by atoms with Gasteiger partial charge >= 0.3 is 0 Å². The summed E-state index contributed by atoms with van der Waals surface area (Å²) in [4.78, 5) is 16.8. The summed E-state index contributed by atoms with van der Waals surface area (Å²) >= 11 is 3.38. The van der Waals surface area contributed by atoms with Crippen LogP contribution < -0.4 is 9.80 Å². The lowest BCUT2D eigenvalue weighted by Gasteiger charge is -2.22. The van der Waals surface area contributed by atoms with Crippen molar-refractivity contribution in [3.63, 3.8) is 0 Å². The van der Waals surface area contributed by atoms with Gasteiger partial charge in [-0.2, -0.15) is 0 Å². The summed E-state index contributed by atoms with van der Waals surface area (Å²) in [6.45, 7) is 0. The van der Waals surface area contributed by atoms with E-state index < -0.39 is 0 Å². The molecule has 0 unspecified atom stereocenters. The summed E-state index contributed by atoms with van der Waals surface area (Å²) in [6, 6.07) is 63.0. The molecule has 0 saturated heterocycles. The van der Waals surface area contributed by atoms with Crippen molar-refractivity contribution in [3.05, 3.63) is 215 Å². The highest BCUT2D eigenvalue weighted by molar-refractivity contribution is 7.18. The molecule has 0 bridgehead atoms. The van der Waals surface area contributed by atoms with Crippen LogP contribution in [-0.4, -0.2) is 9.97 Å². The van der Waals surface area contributed by atoms with E-state index in [0.717, 1.165) is 65.0 Å². The summed E-state index contributed by atoms with van der Waals surface area (Å²) in [7, 11) is 0. The van der Waals surface area contributed by atoms with Crippen molar-refractivity contribution >= 4 is 66.8 Å². The van der Waals surface area contributed by atoms with Crippen molar-refractivity contribution < 1.29 is 0 Å². The molecule has 2 aromatic heterocycles. The number of benzene rings is 6. The lowest BCUT2D eigenvalue weighted by molar-refractivity contribution is 1.23. The number of hydrogen-bond donors (Lipinski definition) is 0. The number of aromatic nitrogens is 2. The zero-order chi connectivity index (χ0) is 33.5. The molecule has 0 saturated carbocycles. The van der Waals surface area contributed by atoms with Crippen LogP contribution in [-0.2, 0) is 0 Å². The first-order chi connectivity index (χ1) is 24.8. The van der Waals surface area contributed by atoms with Crippen LogP contribution in [0.1, 0.15) is 20.9 Å². The Kier molecular flexibility index (Phi) is 9.10. The molecule has 2 heterocycles. The molecule has 8 rings (SSSR count). The number of para-hydroxylation sites is 4. The van der Waals surface area contributed by atoms with Crippen LogP contribution >= 0.6 is 22.7 Å². The SMILES string of the molecule is c1ccc(C(=C(c2ccccc2)c2cnc(N(c3ccccc3)c3ccccc3)s2)c2cnc(N(c3ccccc3)c3ccccc3)s2)cc1. The third-order valence-corrected chi connectivity index (χ3v) is 10.3. The summed E-state index contributed by atoms with van der Waals surface area (Å²) in [6.07, 6.45) is 4.04. The molecule has 240 valence electrons. The lowest BCUT2D eigenvalue weighted by Crippen LogP contribution is -2.09. The molecule has 4 nitrogen and oxygen atoms in total. The lowest BCUT2D eigenvalue weighted by atomic mass is 9.93. The van der Waals surface area contributed by atoms with Crippen molar-refractivity contribution in [2.75, 3.05) is 9.80 Å². The minimum atomic E-state index is 0.891. The Bertz CT molecular complexity index is 2060. The number of thiazole rings is 2. The van der Waals surface area contributed by atoms with E-state index in [1.165, 1.54) is 0 Å². The van der Waals surface area contributed by atoms with Crippen LogP contribution in [0.2, 0.25) is 0 Å². The van der Waals surface area contributed by atoms with Crippen LogP contribution in [0.3, 0.4) is 0 Å². The average Bonchev–Trinajstić information content (AvgIpc) is 3.87. The Hall–Kier alpha value is -6.08. The molecular formula is C44H32N4S2. The standard InChI is InChI=1S/C44H32N4S2/c1-7-19-33(20-8-1)41(39-31-45-43(49-39)47(35-23-11-3-12-24-35)36-25-13-4-14-26-36)42(34-21-9-2-10-22-34)40-32-46-44(50-40)48(37-27-15-5-16-28-37)38-29-17-6-18-30-38/h1-32H. The molecule has 0 aliphatic rings. The van der Waals surface area contributed by atoms with E-state index in [-0.39, 0.29) is 0 Å². The van der Waals surface area contributed by atoms with Gasteiger partial charge in [-0.05, 0) is 59.7 Å². The van der Waals surface area contributed by atoms with Crippen LogP contribution in [0.4, 0.5) is 33.0 Å². The largest absolute Gasteiger partial charge is 0.286 e. The summed E-state index contributed by atoms with van der Waals surface area (Å²) < 4.78 is 0. The monoisotopic (exact) mass is 680 g/mol. The highest BCUT2D eigenvalue weighted by Crippen LogP contribution is 2.46. The van der Waals surface area contributed by atoms with Gasteiger partial charge in [-0.1, -0.05) is 156 Å². The average molecular weight is 681 g/mol. The molecule has 0 aliphatic carbocycles. The van der Waals surface area contributed by atoms with E-state index in [0.29, 0.717) is 0 Å². The molecular weight excluding hydrogens is 649 g/mol. The fourth-order valence-corrected chi connectivity index (χ4v) is 8.11. The van der Waals surface area contributed by atoms with Gasteiger partial charge in [-0.3, -0.25) is 9.80 Å². The predicted octanol–water partition coefficient (Wildman–Crippen LogP) is 12.5. The maximum atomic E-state index is 5.09. The Morgan fingerprint density at radius 2 is 0.600 bits per heavy atom. The Labute approximate surface area is 300 Å². The molecule has 0 N–H and O–H groups in total. The summed E-state index contributed by atoms with van der Waals surface area (Å²) in [5.74, 6) is 0. The number of rotatable bonds is 10. The quantitative estimate of drug-likeness (QED) is 0.135. The normalized spacial score (nSPS) is 11.5. The van der Waals surface area contributed by atoms with Crippen LogP contribution in [0.25, 0.3) is 11.1 Å². The van der Waals surface area contributed by atoms with E-state index in [1.807, 2.05) is 36.7 Å². The van der Waals surface area contributed by atoms with Crippen molar-refractivity contribution in [3.8, 4) is 0 Å². The second-order valence-electron chi connectivity index (χ2n) is 11.5. The van der Waals surface area contributed by atoms with Crippen molar-refractivity contribution in [2.24, 2.45) is 0 Å². The van der Waals surface area contributed by atoms with E-state index in [9.17, 15) is 0 Å². The summed E-state index contributed by atoms with van der Waals surface area (Å²) in [5.41, 5.74) is 8.69. The Balaban J connectivity index is 1.33. The first-order valence-electron chi connectivity index (χ1n) is 16.4. The third kappa shape index (κ3) is 6.50. The molecule has 0 radical (unpaired) electrons. The fourth-order valence-electron chi connectivity index (χ4n) is 6.05. The molecule has 6 aromatic carbocycles.